The molecule has 0 spiro atoms. The third-order valence-corrected chi connectivity index (χ3v) is 5.09. The molecule has 0 aliphatic carbocycles. The third-order valence-electron chi connectivity index (χ3n) is 2.41. The van der Waals surface area contributed by atoms with Gasteiger partial charge in [0.25, 0.3) is 10.0 Å². The van der Waals surface area contributed by atoms with Gasteiger partial charge in [0.15, 0.2) is 0 Å². The normalized spacial score (nSPS) is 11.3. The largest absolute Gasteiger partial charge is 0.397 e. The Bertz CT molecular complexity index is 699. The molecule has 7 heteroatoms. The van der Waals surface area contributed by atoms with Gasteiger partial charge in [-0.15, -0.1) is 0 Å². The van der Waals surface area contributed by atoms with E-state index in [4.69, 9.17) is 17.3 Å². The molecular formula is C12H10BrClN2O2S. The monoisotopic (exact) mass is 360 g/mol. The van der Waals surface area contributed by atoms with Crippen molar-refractivity contribution < 1.29 is 8.42 Å². The second-order valence-electron chi connectivity index (χ2n) is 3.74. The van der Waals surface area contributed by atoms with E-state index in [2.05, 4.69) is 20.7 Å². The van der Waals surface area contributed by atoms with Crippen molar-refractivity contribution in [3.8, 4) is 0 Å². The van der Waals surface area contributed by atoms with Crippen LogP contribution < -0.4 is 10.5 Å². The van der Waals surface area contributed by atoms with Crippen molar-refractivity contribution in [3.63, 3.8) is 0 Å². The highest BCUT2D eigenvalue weighted by molar-refractivity contribution is 9.10. The first-order valence-electron chi connectivity index (χ1n) is 5.23. The maximum absolute atomic E-state index is 12.3. The fourth-order valence-electron chi connectivity index (χ4n) is 1.50. The Morgan fingerprint density at radius 2 is 1.79 bits per heavy atom. The van der Waals surface area contributed by atoms with Crippen LogP contribution >= 0.6 is 27.5 Å². The number of para-hydroxylation sites is 1. The predicted octanol–water partition coefficient (Wildman–Crippen LogP) is 3.49. The standard InChI is InChI=1S/C12H10BrClN2O2S/c13-8-4-1-2-7-11(8)19(17,18)16-12-9(14)5-3-6-10(12)15/h1-7,16H,15H2. The molecule has 3 N–H and O–H groups in total. The van der Waals surface area contributed by atoms with Crippen molar-refractivity contribution in [3.05, 3.63) is 52.0 Å². The zero-order valence-corrected chi connectivity index (χ0v) is 12.8. The number of halogens is 2. The minimum atomic E-state index is -3.75. The van der Waals surface area contributed by atoms with Gasteiger partial charge in [0.1, 0.15) is 4.90 Å². The van der Waals surface area contributed by atoms with E-state index in [0.29, 0.717) is 4.47 Å². The van der Waals surface area contributed by atoms with E-state index in [1.807, 2.05) is 0 Å². The molecule has 4 nitrogen and oxygen atoms in total. The number of sulfonamides is 1. The van der Waals surface area contributed by atoms with Gasteiger partial charge < -0.3 is 5.73 Å². The maximum Gasteiger partial charge on any atom is 0.263 e. The summed E-state index contributed by atoms with van der Waals surface area (Å²) >= 11 is 9.14. The van der Waals surface area contributed by atoms with Crippen molar-refractivity contribution >= 4 is 48.9 Å². The van der Waals surface area contributed by atoms with Crippen LogP contribution in [0.2, 0.25) is 5.02 Å². The molecule has 0 amide bonds. The van der Waals surface area contributed by atoms with Gasteiger partial charge in [-0.2, -0.15) is 0 Å². The third kappa shape index (κ3) is 3.02. The highest BCUT2D eigenvalue weighted by Gasteiger charge is 2.19. The Balaban J connectivity index is 2.46. The summed E-state index contributed by atoms with van der Waals surface area (Å²) in [5.41, 5.74) is 6.17. The van der Waals surface area contributed by atoms with Gasteiger partial charge in [-0.1, -0.05) is 29.8 Å². The lowest BCUT2D eigenvalue weighted by molar-refractivity contribution is 0.601. The first-order valence-corrected chi connectivity index (χ1v) is 7.88. The number of hydrogen-bond acceptors (Lipinski definition) is 3. The Morgan fingerprint density at radius 1 is 1.11 bits per heavy atom. The van der Waals surface area contributed by atoms with E-state index >= 15 is 0 Å². The Morgan fingerprint density at radius 3 is 2.42 bits per heavy atom. The van der Waals surface area contributed by atoms with Crippen LogP contribution in [0.1, 0.15) is 0 Å². The summed E-state index contributed by atoms with van der Waals surface area (Å²) < 4.78 is 27.4. The summed E-state index contributed by atoms with van der Waals surface area (Å²) in [7, 11) is -3.75. The summed E-state index contributed by atoms with van der Waals surface area (Å²) in [6, 6.07) is 11.3. The summed E-state index contributed by atoms with van der Waals surface area (Å²) in [5, 5.41) is 0.246. The van der Waals surface area contributed by atoms with Gasteiger partial charge >= 0.3 is 0 Å². The topological polar surface area (TPSA) is 72.2 Å². The van der Waals surface area contributed by atoms with Crippen LogP contribution in [0.25, 0.3) is 0 Å². The molecule has 2 aromatic rings. The lowest BCUT2D eigenvalue weighted by atomic mass is 10.3. The number of anilines is 2. The van der Waals surface area contributed by atoms with Crippen molar-refractivity contribution in [1.82, 2.24) is 0 Å². The molecule has 0 fully saturated rings. The molecule has 2 aromatic carbocycles. The molecule has 0 aliphatic heterocycles. The van der Waals surface area contributed by atoms with E-state index in [1.165, 1.54) is 6.07 Å². The molecular weight excluding hydrogens is 352 g/mol. The molecule has 0 saturated carbocycles. The van der Waals surface area contributed by atoms with E-state index in [0.717, 1.165) is 0 Å². The van der Waals surface area contributed by atoms with Gasteiger partial charge in [-0.25, -0.2) is 8.42 Å². The Kier molecular flexibility index (Phi) is 4.03. The fraction of sp³-hybridized carbons (Fsp3) is 0. The lowest BCUT2D eigenvalue weighted by Gasteiger charge is -2.12. The van der Waals surface area contributed by atoms with E-state index in [-0.39, 0.29) is 21.3 Å². The Hall–Kier alpha value is -1.24. The smallest absolute Gasteiger partial charge is 0.263 e. The summed E-state index contributed by atoms with van der Waals surface area (Å²) in [4.78, 5) is 0.120. The fourth-order valence-corrected chi connectivity index (χ4v) is 3.90. The second kappa shape index (κ2) is 5.40. The number of benzene rings is 2. The van der Waals surface area contributed by atoms with E-state index in [9.17, 15) is 8.42 Å². The number of nitrogens with two attached hydrogens (primary N) is 1. The molecule has 0 saturated heterocycles. The number of nitrogens with one attached hydrogen (secondary N) is 1. The van der Waals surface area contributed by atoms with Crippen molar-refractivity contribution in [1.29, 1.82) is 0 Å². The summed E-state index contributed by atoms with van der Waals surface area (Å²) in [5.74, 6) is 0. The van der Waals surface area contributed by atoms with Crippen LogP contribution in [-0.2, 0) is 10.0 Å². The number of nitrogen functional groups attached to an aromatic ring is 1. The average Bonchev–Trinajstić information content (AvgIpc) is 2.34. The van der Waals surface area contributed by atoms with Gasteiger partial charge in [0.05, 0.1) is 16.4 Å². The predicted molar refractivity (Wildman–Crippen MR) is 80.8 cm³/mol. The molecule has 0 radical (unpaired) electrons. The van der Waals surface area contributed by atoms with E-state index < -0.39 is 10.0 Å². The molecule has 0 aliphatic rings. The number of rotatable bonds is 3. The molecule has 0 unspecified atom stereocenters. The van der Waals surface area contributed by atoms with E-state index in [1.54, 1.807) is 36.4 Å². The zero-order valence-electron chi connectivity index (χ0n) is 9.60. The van der Waals surface area contributed by atoms with Crippen molar-refractivity contribution in [2.75, 3.05) is 10.5 Å². The molecule has 2 rings (SSSR count). The van der Waals surface area contributed by atoms with Crippen LogP contribution in [0.4, 0.5) is 11.4 Å². The first kappa shape index (κ1) is 14.2. The summed E-state index contributed by atoms with van der Waals surface area (Å²) in [6.07, 6.45) is 0. The first-order chi connectivity index (χ1) is 8.92. The van der Waals surface area contributed by atoms with Crippen LogP contribution in [0.15, 0.2) is 51.8 Å². The van der Waals surface area contributed by atoms with Gasteiger partial charge in [-0.05, 0) is 40.2 Å². The van der Waals surface area contributed by atoms with Crippen LogP contribution in [0.3, 0.4) is 0 Å². The minimum absolute atomic E-state index is 0.120. The maximum atomic E-state index is 12.3. The van der Waals surface area contributed by atoms with Gasteiger partial charge in [0.2, 0.25) is 0 Å². The lowest BCUT2D eigenvalue weighted by Crippen LogP contribution is -2.15. The molecule has 0 aromatic heterocycles. The molecule has 19 heavy (non-hydrogen) atoms. The Labute approximate surface area is 124 Å². The molecule has 0 atom stereocenters. The SMILES string of the molecule is Nc1cccc(Cl)c1NS(=O)(=O)c1ccccc1Br. The highest BCUT2D eigenvalue weighted by Crippen LogP contribution is 2.31. The molecule has 0 bridgehead atoms. The van der Waals surface area contributed by atoms with Crippen molar-refractivity contribution in [2.45, 2.75) is 4.90 Å². The average molecular weight is 362 g/mol. The van der Waals surface area contributed by atoms with Crippen molar-refractivity contribution in [2.24, 2.45) is 0 Å². The second-order valence-corrected chi connectivity index (χ2v) is 6.65. The van der Waals surface area contributed by atoms with Crippen LogP contribution in [-0.4, -0.2) is 8.42 Å². The summed E-state index contributed by atoms with van der Waals surface area (Å²) in [6.45, 7) is 0. The van der Waals surface area contributed by atoms with Gasteiger partial charge in [-0.3, -0.25) is 4.72 Å². The number of hydrogen-bond donors (Lipinski definition) is 2. The molecule has 0 heterocycles. The molecule has 100 valence electrons. The van der Waals surface area contributed by atoms with Crippen LogP contribution in [0, 0.1) is 0 Å². The van der Waals surface area contributed by atoms with Crippen LogP contribution in [0.5, 0.6) is 0 Å². The quantitative estimate of drug-likeness (QED) is 0.822. The van der Waals surface area contributed by atoms with Gasteiger partial charge in [0, 0.05) is 4.47 Å². The zero-order chi connectivity index (χ0) is 14.0. The minimum Gasteiger partial charge on any atom is -0.397 e. The highest BCUT2D eigenvalue weighted by atomic mass is 79.9.